The molecule has 5 unspecified atom stereocenters. The van der Waals surface area contributed by atoms with Crippen LogP contribution in [0.2, 0.25) is 0 Å². The van der Waals surface area contributed by atoms with Gasteiger partial charge in [-0.3, -0.25) is 37.3 Å². The van der Waals surface area contributed by atoms with E-state index in [1.807, 2.05) is 0 Å². The van der Waals surface area contributed by atoms with E-state index in [0.29, 0.717) is 25.7 Å². The molecule has 0 aromatic carbocycles. The van der Waals surface area contributed by atoms with Gasteiger partial charge in [-0.1, -0.05) is 264 Å². The number of phosphoric acid groups is 2. The number of carbonyl (C=O) groups is 4. The minimum Gasteiger partial charge on any atom is -0.462 e. The quantitative estimate of drug-likeness (QED) is 0.0169. The third-order valence-electron chi connectivity index (χ3n) is 16.6. The second-order valence-electron chi connectivity index (χ2n) is 26.6. The minimum atomic E-state index is -4.99. The first-order valence-electron chi connectivity index (χ1n) is 40.4. The van der Waals surface area contributed by atoms with Gasteiger partial charge in [0, 0.05) is 25.7 Å². The van der Waals surface area contributed by atoms with Gasteiger partial charge in [-0.25, -0.2) is 9.13 Å². The van der Waals surface area contributed by atoms with Crippen LogP contribution in [0.4, 0.5) is 0 Å². The molecule has 19 heteroatoms. The third-order valence-corrected chi connectivity index (χ3v) is 18.5. The molecular weight excluding hydrogens is 1350 g/mol. The van der Waals surface area contributed by atoms with Gasteiger partial charge in [-0.2, -0.15) is 0 Å². The highest BCUT2D eigenvalue weighted by Crippen LogP contribution is 2.45. The molecule has 0 rings (SSSR count). The van der Waals surface area contributed by atoms with E-state index in [1.165, 1.54) is 57.8 Å². The van der Waals surface area contributed by atoms with Crippen LogP contribution in [0, 0.1) is 0 Å². The molecular formula is C85H144O17P2. The molecule has 0 saturated carbocycles. The number of hydrogen-bond acceptors (Lipinski definition) is 15. The first-order valence-corrected chi connectivity index (χ1v) is 43.4. The zero-order chi connectivity index (χ0) is 76.0. The topological polar surface area (TPSA) is 237 Å². The van der Waals surface area contributed by atoms with Crippen LogP contribution in [0.1, 0.15) is 323 Å². The van der Waals surface area contributed by atoms with Crippen LogP contribution in [-0.4, -0.2) is 96.7 Å². The number of allylic oxidation sites excluding steroid dienone is 22. The van der Waals surface area contributed by atoms with Crippen LogP contribution < -0.4 is 0 Å². The van der Waals surface area contributed by atoms with Gasteiger partial charge in [0.2, 0.25) is 0 Å². The molecule has 0 aliphatic rings. The molecule has 596 valence electrons. The van der Waals surface area contributed by atoms with Crippen molar-refractivity contribution < 1.29 is 80.2 Å². The predicted octanol–water partition coefficient (Wildman–Crippen LogP) is 23.7. The molecule has 104 heavy (non-hydrogen) atoms. The highest BCUT2D eigenvalue weighted by molar-refractivity contribution is 7.47. The molecule has 3 N–H and O–H groups in total. The highest BCUT2D eigenvalue weighted by atomic mass is 31.2. The summed E-state index contributed by atoms with van der Waals surface area (Å²) in [4.78, 5) is 73.0. The average Bonchev–Trinajstić information content (AvgIpc) is 0.912. The van der Waals surface area contributed by atoms with Gasteiger partial charge in [0.1, 0.15) is 19.3 Å². The van der Waals surface area contributed by atoms with Crippen LogP contribution in [0.3, 0.4) is 0 Å². The standard InChI is InChI=1S/C85H144O17P2/c1-5-9-13-17-21-25-29-33-37-38-39-40-44-46-50-54-58-62-66-70-83(88)96-76-81(102-85(90)72-68-64-60-56-52-48-43-36-32-28-24-20-16-12-8-4)78-100-104(93,94)98-74-79(86)73-97-103(91,92)99-77-80(101-84(89)71-67-63-59-55-51-47-42-35-31-27-23-19-15-11-7-3)75-95-82(87)69-65-61-57-53-49-45-41-34-30-26-22-18-14-10-6-2/h10,14,21-28,33-37,39-43,49,53,79-81,86H,5-9,11-13,15-20,29-32,38,44-48,50-52,54-78H2,1-4H3,(H,91,92)(H,93,94)/b14-10-,25-21-,26-22-,27-23-,28-24-,37-33-,40-39-,41-34-,42-35-,43-36-,53-49-. The first kappa shape index (κ1) is 99.2. The van der Waals surface area contributed by atoms with Crippen LogP contribution in [0.25, 0.3) is 0 Å². The second-order valence-corrected chi connectivity index (χ2v) is 29.5. The van der Waals surface area contributed by atoms with Crippen molar-refractivity contribution in [3.63, 3.8) is 0 Å². The number of hydrogen-bond donors (Lipinski definition) is 3. The van der Waals surface area contributed by atoms with Crippen LogP contribution in [0.15, 0.2) is 134 Å². The number of phosphoric ester groups is 2. The van der Waals surface area contributed by atoms with Gasteiger partial charge >= 0.3 is 39.5 Å². The molecule has 0 bridgehead atoms. The Hall–Kier alpha value is -4.80. The van der Waals surface area contributed by atoms with Gasteiger partial charge in [0.25, 0.3) is 0 Å². The smallest absolute Gasteiger partial charge is 0.462 e. The summed E-state index contributed by atoms with van der Waals surface area (Å²) in [6, 6.07) is 0. The molecule has 0 aliphatic carbocycles. The van der Waals surface area contributed by atoms with E-state index in [1.54, 1.807) is 0 Å². The monoisotopic (exact) mass is 1500 g/mol. The van der Waals surface area contributed by atoms with Crippen molar-refractivity contribution in [2.75, 3.05) is 39.6 Å². The number of ether oxygens (including phenoxy) is 4. The lowest BCUT2D eigenvalue weighted by Crippen LogP contribution is -2.30. The maximum Gasteiger partial charge on any atom is 0.472 e. The van der Waals surface area contributed by atoms with E-state index in [2.05, 4.69) is 161 Å². The van der Waals surface area contributed by atoms with E-state index in [4.69, 9.17) is 37.0 Å². The number of aliphatic hydroxyl groups excluding tert-OH is 1. The minimum absolute atomic E-state index is 0.0664. The van der Waals surface area contributed by atoms with Crippen molar-refractivity contribution in [2.45, 2.75) is 341 Å². The van der Waals surface area contributed by atoms with Crippen molar-refractivity contribution in [1.29, 1.82) is 0 Å². The summed E-state index contributed by atoms with van der Waals surface area (Å²) < 4.78 is 68.6. The molecule has 0 aromatic heterocycles. The molecule has 0 radical (unpaired) electrons. The summed E-state index contributed by atoms with van der Waals surface area (Å²) >= 11 is 0. The Morgan fingerprint density at radius 2 is 0.500 bits per heavy atom. The fourth-order valence-corrected chi connectivity index (χ4v) is 12.0. The third kappa shape index (κ3) is 75.4. The van der Waals surface area contributed by atoms with Crippen LogP contribution in [-0.2, 0) is 65.4 Å². The molecule has 0 aromatic rings. The van der Waals surface area contributed by atoms with Gasteiger partial charge < -0.3 is 33.8 Å². The summed E-state index contributed by atoms with van der Waals surface area (Å²) in [5.74, 6) is -2.27. The fraction of sp³-hybridized carbons (Fsp3) is 0.694. The molecule has 0 heterocycles. The fourth-order valence-electron chi connectivity index (χ4n) is 10.4. The van der Waals surface area contributed by atoms with E-state index < -0.39 is 97.5 Å². The maximum absolute atomic E-state index is 13.1. The summed E-state index contributed by atoms with van der Waals surface area (Å²) in [5.41, 5.74) is 0. The van der Waals surface area contributed by atoms with Crippen molar-refractivity contribution in [3.05, 3.63) is 134 Å². The number of rotatable bonds is 75. The van der Waals surface area contributed by atoms with Gasteiger partial charge in [-0.15, -0.1) is 0 Å². The van der Waals surface area contributed by atoms with E-state index in [0.717, 1.165) is 186 Å². The Kier molecular flexibility index (Phi) is 72.9. The molecule has 0 saturated heterocycles. The lowest BCUT2D eigenvalue weighted by molar-refractivity contribution is -0.161. The normalized spacial score (nSPS) is 14.6. The van der Waals surface area contributed by atoms with Crippen molar-refractivity contribution >= 4 is 39.5 Å². The number of unbranched alkanes of at least 4 members (excludes halogenated alkanes) is 27. The second kappa shape index (κ2) is 76.4. The van der Waals surface area contributed by atoms with Crippen molar-refractivity contribution in [1.82, 2.24) is 0 Å². The van der Waals surface area contributed by atoms with Crippen molar-refractivity contribution in [3.8, 4) is 0 Å². The largest absolute Gasteiger partial charge is 0.472 e. The number of carbonyl (C=O) groups excluding carboxylic acids is 4. The number of aliphatic hydroxyl groups is 1. The Morgan fingerprint density at radius 1 is 0.279 bits per heavy atom. The summed E-state index contributed by atoms with van der Waals surface area (Å²) in [5, 5.41) is 10.6. The molecule has 0 aliphatic heterocycles. The zero-order valence-corrected chi connectivity index (χ0v) is 66.9. The van der Waals surface area contributed by atoms with E-state index in [-0.39, 0.29) is 25.7 Å². The van der Waals surface area contributed by atoms with E-state index in [9.17, 15) is 43.2 Å². The Labute approximate surface area is 631 Å². The summed E-state index contributed by atoms with van der Waals surface area (Å²) in [6.45, 7) is 4.60. The average molecular weight is 1500 g/mol. The van der Waals surface area contributed by atoms with Crippen LogP contribution in [0.5, 0.6) is 0 Å². The van der Waals surface area contributed by atoms with Gasteiger partial charge in [-0.05, 0) is 167 Å². The molecule has 0 fully saturated rings. The molecule has 0 spiro atoms. The number of esters is 4. The van der Waals surface area contributed by atoms with Gasteiger partial charge in [0.05, 0.1) is 26.4 Å². The molecule has 17 nitrogen and oxygen atoms in total. The van der Waals surface area contributed by atoms with Crippen LogP contribution >= 0.6 is 15.6 Å². The predicted molar refractivity (Wildman–Crippen MR) is 427 cm³/mol. The first-order chi connectivity index (χ1) is 50.7. The lowest BCUT2D eigenvalue weighted by atomic mass is 10.1. The lowest BCUT2D eigenvalue weighted by Gasteiger charge is -2.21. The highest BCUT2D eigenvalue weighted by Gasteiger charge is 2.30. The summed E-state index contributed by atoms with van der Waals surface area (Å²) in [7, 11) is -9.99. The Morgan fingerprint density at radius 3 is 0.788 bits per heavy atom. The Balaban J connectivity index is 5.42. The zero-order valence-electron chi connectivity index (χ0n) is 65.2. The maximum atomic E-state index is 13.1. The Bertz CT molecular complexity index is 2490. The molecule has 5 atom stereocenters. The summed E-state index contributed by atoms with van der Waals surface area (Å²) in [6.07, 6.45) is 85.7. The van der Waals surface area contributed by atoms with E-state index >= 15 is 0 Å². The van der Waals surface area contributed by atoms with Gasteiger partial charge in [0.15, 0.2) is 12.2 Å². The molecule has 0 amide bonds. The SMILES string of the molecule is CC/C=C\C/C=C\C/C=C\C/C=C\CCCCC(=O)OCC(COP(=O)(O)OCC(O)COP(=O)(O)OCC(COC(=O)CCCCCCCC/C=C\C/C=C\C/C=C\CCCCC)OC(=O)CCCCCCC/C=C\C/C=C\CCCCC)OC(=O)CCCCCCC/C=C\C/C=C\CCCCC. The van der Waals surface area contributed by atoms with Crippen molar-refractivity contribution in [2.24, 2.45) is 0 Å².